The molecule has 0 aliphatic carbocycles. The van der Waals surface area contributed by atoms with Gasteiger partial charge in [0.05, 0.1) is 6.20 Å². The van der Waals surface area contributed by atoms with E-state index in [1.54, 1.807) is 83.1 Å². The van der Waals surface area contributed by atoms with Gasteiger partial charge in [-0.3, -0.25) is 4.98 Å². The number of carbonyl (C=O) groups excluding carboxylic acids is 4. The number of aromatic hydroxyl groups is 1. The topological polar surface area (TPSA) is 162 Å². The summed E-state index contributed by atoms with van der Waals surface area (Å²) in [5.74, 6) is -1.79. The summed E-state index contributed by atoms with van der Waals surface area (Å²) >= 11 is 0. The minimum absolute atomic E-state index is 0.168. The normalized spacial score (nSPS) is 13.9. The van der Waals surface area contributed by atoms with Crippen LogP contribution in [0.3, 0.4) is 0 Å². The monoisotopic (exact) mass is 581 g/mol. The van der Waals surface area contributed by atoms with Crippen LogP contribution in [-0.4, -0.2) is 68.7 Å². The lowest BCUT2D eigenvalue weighted by Gasteiger charge is -2.28. The number of esters is 2. The Labute approximate surface area is 242 Å². The molecule has 0 unspecified atom stereocenters. The van der Waals surface area contributed by atoms with Gasteiger partial charge in [0.15, 0.2) is 0 Å². The molecule has 1 heterocycles. The molecular weight excluding hydrogens is 534 g/mol. The molecule has 1 aromatic heterocycles. The van der Waals surface area contributed by atoms with E-state index in [-0.39, 0.29) is 24.2 Å². The molecule has 3 N–H and O–H groups in total. The Bertz CT molecular complexity index is 1090. The van der Waals surface area contributed by atoms with Crippen LogP contribution in [-0.2, 0) is 41.4 Å². The second-order valence-electron chi connectivity index (χ2n) is 13.7. The van der Waals surface area contributed by atoms with Crippen molar-refractivity contribution in [1.82, 2.24) is 15.6 Å². The Morgan fingerprint density at radius 3 is 1.39 bits per heavy atom. The van der Waals surface area contributed by atoms with Gasteiger partial charge in [-0.25, -0.2) is 19.2 Å². The summed E-state index contributed by atoms with van der Waals surface area (Å²) in [5, 5.41) is 15.8. The van der Waals surface area contributed by atoms with E-state index in [1.807, 2.05) is 0 Å². The Hall–Kier alpha value is -3.57. The zero-order valence-electron chi connectivity index (χ0n) is 26.4. The van der Waals surface area contributed by atoms with Crippen molar-refractivity contribution in [2.75, 3.05) is 0 Å². The Balaban J connectivity index is 3.45. The summed E-state index contributed by atoms with van der Waals surface area (Å²) in [6.45, 7) is 20.2. The third-order valence-electron chi connectivity index (χ3n) is 4.72. The largest absolute Gasteiger partial charge is 0.506 e. The van der Waals surface area contributed by atoms with Crippen LogP contribution in [0.4, 0.5) is 9.59 Å². The van der Waals surface area contributed by atoms with Crippen LogP contribution in [0.25, 0.3) is 0 Å². The number of pyridine rings is 1. The summed E-state index contributed by atoms with van der Waals surface area (Å²) < 4.78 is 21.6. The van der Waals surface area contributed by atoms with Gasteiger partial charge >= 0.3 is 24.1 Å². The van der Waals surface area contributed by atoms with E-state index in [9.17, 15) is 24.3 Å². The Morgan fingerprint density at radius 2 is 1.02 bits per heavy atom. The fraction of sp³-hybridized carbons (Fsp3) is 0.690. The van der Waals surface area contributed by atoms with Crippen LogP contribution >= 0.6 is 0 Å². The van der Waals surface area contributed by atoms with Gasteiger partial charge in [0, 0.05) is 24.6 Å². The molecule has 2 atom stereocenters. The number of carbonyl (C=O) groups is 4. The van der Waals surface area contributed by atoms with Crippen LogP contribution in [0, 0.1) is 0 Å². The number of ether oxygens (including phenoxy) is 4. The lowest BCUT2D eigenvalue weighted by atomic mass is 9.96. The van der Waals surface area contributed by atoms with Crippen molar-refractivity contribution in [3.8, 4) is 5.75 Å². The molecule has 0 spiro atoms. The number of hydrogen-bond acceptors (Lipinski definition) is 10. The average Bonchev–Trinajstić information content (AvgIpc) is 2.69. The molecule has 0 radical (unpaired) electrons. The van der Waals surface area contributed by atoms with Gasteiger partial charge in [-0.15, -0.1) is 0 Å². The van der Waals surface area contributed by atoms with Gasteiger partial charge in [-0.2, -0.15) is 0 Å². The highest BCUT2D eigenvalue weighted by Gasteiger charge is 2.33. The molecule has 0 fully saturated rings. The molecule has 232 valence electrons. The molecule has 0 aliphatic heterocycles. The van der Waals surface area contributed by atoms with Crippen molar-refractivity contribution in [3.63, 3.8) is 0 Å². The fourth-order valence-electron chi connectivity index (χ4n) is 3.39. The first-order valence-electron chi connectivity index (χ1n) is 13.4. The highest BCUT2D eigenvalue weighted by atomic mass is 16.6. The second kappa shape index (κ2) is 13.4. The van der Waals surface area contributed by atoms with E-state index in [2.05, 4.69) is 15.6 Å². The average molecular weight is 582 g/mol. The maximum absolute atomic E-state index is 13.1. The number of nitrogens with one attached hydrogen (secondary N) is 2. The summed E-state index contributed by atoms with van der Waals surface area (Å²) in [5.41, 5.74) is -2.87. The minimum Gasteiger partial charge on any atom is -0.506 e. The Kier molecular flexibility index (Phi) is 11.6. The van der Waals surface area contributed by atoms with Crippen LogP contribution < -0.4 is 10.6 Å². The van der Waals surface area contributed by atoms with Gasteiger partial charge in [0.1, 0.15) is 40.2 Å². The van der Waals surface area contributed by atoms with Crippen molar-refractivity contribution in [3.05, 3.63) is 23.5 Å². The highest BCUT2D eigenvalue weighted by molar-refractivity contribution is 5.83. The fourth-order valence-corrected chi connectivity index (χ4v) is 3.39. The molecule has 41 heavy (non-hydrogen) atoms. The third kappa shape index (κ3) is 14.6. The van der Waals surface area contributed by atoms with Crippen molar-refractivity contribution < 1.29 is 43.2 Å². The molecule has 0 aromatic carbocycles. The summed E-state index contributed by atoms with van der Waals surface area (Å²) in [6, 6.07) is -2.50. The Morgan fingerprint density at radius 1 is 0.659 bits per heavy atom. The van der Waals surface area contributed by atoms with Gasteiger partial charge in [-0.05, 0) is 88.6 Å². The molecule has 0 bridgehead atoms. The first kappa shape index (κ1) is 35.5. The quantitative estimate of drug-likeness (QED) is 0.297. The molecule has 2 amide bonds. The van der Waals surface area contributed by atoms with Crippen LogP contribution in [0.2, 0.25) is 0 Å². The lowest BCUT2D eigenvalue weighted by Crippen LogP contribution is -2.48. The maximum Gasteiger partial charge on any atom is 0.408 e. The zero-order chi connectivity index (χ0) is 32.0. The van der Waals surface area contributed by atoms with Crippen molar-refractivity contribution >= 4 is 24.1 Å². The number of hydrogen-bond donors (Lipinski definition) is 3. The lowest BCUT2D eigenvalue weighted by molar-refractivity contribution is -0.158. The van der Waals surface area contributed by atoms with Crippen molar-refractivity contribution in [1.29, 1.82) is 0 Å². The van der Waals surface area contributed by atoms with E-state index in [4.69, 9.17) is 18.9 Å². The molecule has 0 saturated carbocycles. The summed E-state index contributed by atoms with van der Waals surface area (Å²) in [7, 11) is 0. The van der Waals surface area contributed by atoms with Crippen LogP contribution in [0.15, 0.2) is 12.4 Å². The number of amides is 2. The predicted octanol–water partition coefficient (Wildman–Crippen LogP) is 4.34. The van der Waals surface area contributed by atoms with Crippen molar-refractivity contribution in [2.24, 2.45) is 0 Å². The zero-order valence-corrected chi connectivity index (χ0v) is 26.4. The third-order valence-corrected chi connectivity index (χ3v) is 4.72. The summed E-state index contributed by atoms with van der Waals surface area (Å²) in [4.78, 5) is 55.4. The highest BCUT2D eigenvalue weighted by Crippen LogP contribution is 2.25. The van der Waals surface area contributed by atoms with E-state index < -0.39 is 58.6 Å². The number of alkyl carbamates (subject to hydrolysis) is 2. The van der Waals surface area contributed by atoms with Crippen molar-refractivity contribution in [2.45, 2.75) is 130 Å². The van der Waals surface area contributed by atoms with Gasteiger partial charge in [-0.1, -0.05) is 0 Å². The molecule has 1 rings (SSSR count). The molecule has 1 aromatic rings. The van der Waals surface area contributed by atoms with Crippen LogP contribution in [0.1, 0.15) is 94.2 Å². The first-order valence-corrected chi connectivity index (χ1v) is 13.4. The molecule has 12 heteroatoms. The summed E-state index contributed by atoms with van der Waals surface area (Å²) in [6.07, 6.45) is 0.456. The van der Waals surface area contributed by atoms with Gasteiger partial charge < -0.3 is 34.7 Å². The molecule has 0 saturated heterocycles. The van der Waals surface area contributed by atoms with E-state index in [0.29, 0.717) is 5.56 Å². The molecule has 0 aliphatic rings. The predicted molar refractivity (Wildman–Crippen MR) is 151 cm³/mol. The maximum atomic E-state index is 13.1. The van der Waals surface area contributed by atoms with E-state index in [0.717, 1.165) is 0 Å². The number of aromatic nitrogens is 1. The first-order chi connectivity index (χ1) is 18.3. The SMILES string of the molecule is CC(C)(C)OC(=O)N[C@@H](Cc1cncc(O)c1C[C@H](NC(=O)OC(C)(C)C)C(=O)OC(C)(C)C)C(=O)OC(C)(C)C. The number of nitrogens with zero attached hydrogens (tertiary/aromatic N) is 1. The molecule has 12 nitrogen and oxygen atoms in total. The number of rotatable bonds is 8. The van der Waals surface area contributed by atoms with Crippen LogP contribution in [0.5, 0.6) is 5.75 Å². The minimum atomic E-state index is -1.27. The second-order valence-corrected chi connectivity index (χ2v) is 13.7. The van der Waals surface area contributed by atoms with Gasteiger partial charge in [0.25, 0.3) is 0 Å². The smallest absolute Gasteiger partial charge is 0.408 e. The van der Waals surface area contributed by atoms with E-state index in [1.165, 1.54) is 12.4 Å². The van der Waals surface area contributed by atoms with E-state index >= 15 is 0 Å². The standard InChI is InChI=1S/C29H47N3O9/c1-26(2,3)38-22(34)19(31-24(36)40-28(7,8)9)13-17-15-30-16-21(33)18(17)14-20(23(35)39-27(4,5)6)32-25(37)41-29(10,11)12/h15-16,19-20,33H,13-14H2,1-12H3,(H,31,36)(H,32,37)/t19-,20-/m0/s1. The van der Waals surface area contributed by atoms with Gasteiger partial charge in [0.2, 0.25) is 0 Å². The molecular formula is C29H47N3O9.